The second kappa shape index (κ2) is 11.5. The van der Waals surface area contributed by atoms with Gasteiger partial charge in [0.2, 0.25) is 0 Å². The minimum atomic E-state index is -1.25. The Morgan fingerprint density at radius 3 is 2.79 bits per heavy atom. The molecule has 2 aromatic rings. The normalized spacial score (nSPS) is 25.1. The number of carbonyl (C=O) groups excluding carboxylic acids is 1. The molecule has 2 aliphatic heterocycles. The lowest BCUT2D eigenvalue weighted by Crippen LogP contribution is -2.55. The Morgan fingerprint density at radius 2 is 2.07 bits per heavy atom. The molecule has 0 saturated carbocycles. The van der Waals surface area contributed by atoms with E-state index >= 15 is 8.78 Å². The third-order valence-corrected chi connectivity index (χ3v) is 9.68. The SMILES string of the molecule is C=C(F)C(=O)N1CCN(c2nc(OC[C@@H]3CCCN3C)nc3c2CC[C@]2(C3)C(F)=C(F)c3c(Cl)cccc32)C[C@@H]1CC#N. The van der Waals surface area contributed by atoms with Crippen LogP contribution in [0.1, 0.15) is 48.1 Å². The molecular weight excluding hydrogens is 581 g/mol. The molecule has 2 fully saturated rings. The van der Waals surface area contributed by atoms with Crippen molar-refractivity contribution in [3.8, 4) is 12.1 Å². The van der Waals surface area contributed by atoms with E-state index in [9.17, 15) is 14.4 Å². The number of hydrogen-bond donors (Lipinski definition) is 0. The van der Waals surface area contributed by atoms with Crippen LogP contribution in [0.25, 0.3) is 5.83 Å². The molecule has 1 aromatic carbocycles. The fourth-order valence-electron chi connectivity index (χ4n) is 7.05. The molecule has 0 bridgehead atoms. The number of nitriles is 1. The van der Waals surface area contributed by atoms with Gasteiger partial charge in [0.25, 0.3) is 5.91 Å². The zero-order chi connectivity index (χ0) is 30.5. The van der Waals surface area contributed by atoms with Gasteiger partial charge in [0, 0.05) is 43.2 Å². The van der Waals surface area contributed by atoms with Crippen LogP contribution < -0.4 is 9.64 Å². The molecule has 0 N–H and O–H groups in total. The number of carbonyl (C=O) groups is 1. The number of nitrogens with zero attached hydrogens (tertiary/aromatic N) is 6. The molecule has 2 aliphatic carbocycles. The van der Waals surface area contributed by atoms with Crippen molar-refractivity contribution >= 4 is 29.2 Å². The van der Waals surface area contributed by atoms with Gasteiger partial charge in [-0.25, -0.2) is 13.2 Å². The highest BCUT2D eigenvalue weighted by Crippen LogP contribution is 2.56. The highest BCUT2D eigenvalue weighted by molar-refractivity contribution is 6.32. The molecule has 4 aliphatic rings. The average molecular weight is 613 g/mol. The lowest BCUT2D eigenvalue weighted by Gasteiger charge is -2.42. The first-order valence-corrected chi connectivity index (χ1v) is 14.9. The lowest BCUT2D eigenvalue weighted by atomic mass is 9.69. The number of likely N-dealkylation sites (tertiary alicyclic amines) is 1. The van der Waals surface area contributed by atoms with Gasteiger partial charge in [-0.05, 0) is 50.9 Å². The first kappa shape index (κ1) is 29.5. The van der Waals surface area contributed by atoms with Crippen molar-refractivity contribution in [3.63, 3.8) is 0 Å². The van der Waals surface area contributed by atoms with Crippen molar-refractivity contribution in [3.05, 3.63) is 63.8 Å². The van der Waals surface area contributed by atoms with E-state index in [2.05, 4.69) is 17.5 Å². The van der Waals surface area contributed by atoms with Crippen LogP contribution in [0.15, 0.2) is 36.4 Å². The van der Waals surface area contributed by atoms with Crippen LogP contribution in [0.3, 0.4) is 0 Å². The Hall–Kier alpha value is -3.62. The van der Waals surface area contributed by atoms with Gasteiger partial charge in [0.15, 0.2) is 11.7 Å². The summed E-state index contributed by atoms with van der Waals surface area (Å²) in [4.78, 5) is 27.5. The standard InChI is InChI=1S/C31H32ClF3N6O2/c1-18(33)29(42)41-14-13-40(16-19(41)9-11-36)28-21-8-10-31(22-6-3-7-23(32)25(22)26(34)27(31)35)15-24(21)37-30(38-28)43-17-20-5-4-12-39(20)2/h3,6-7,19-20H,1,4-5,8-10,12-17H2,2H3/t19-,20-,31+/m0/s1. The van der Waals surface area contributed by atoms with Gasteiger partial charge < -0.3 is 19.4 Å². The van der Waals surface area contributed by atoms with E-state index in [1.165, 1.54) is 4.90 Å². The lowest BCUT2D eigenvalue weighted by molar-refractivity contribution is -0.131. The van der Waals surface area contributed by atoms with Gasteiger partial charge in [-0.1, -0.05) is 30.3 Å². The number of piperazine rings is 1. The zero-order valence-electron chi connectivity index (χ0n) is 23.9. The molecule has 1 amide bonds. The fourth-order valence-corrected chi connectivity index (χ4v) is 7.31. The maximum Gasteiger partial charge on any atom is 0.318 e. The molecule has 1 spiro atoms. The van der Waals surface area contributed by atoms with Crippen molar-refractivity contribution in [2.75, 3.05) is 44.7 Å². The maximum atomic E-state index is 15.8. The third kappa shape index (κ3) is 5.04. The van der Waals surface area contributed by atoms with Gasteiger partial charge in [-0.2, -0.15) is 15.2 Å². The molecule has 0 unspecified atom stereocenters. The largest absolute Gasteiger partial charge is 0.462 e. The third-order valence-electron chi connectivity index (χ3n) is 9.36. The summed E-state index contributed by atoms with van der Waals surface area (Å²) in [5.41, 5.74) is 0.680. The second-order valence-corrected chi connectivity index (χ2v) is 12.2. The molecule has 3 atom stereocenters. The van der Waals surface area contributed by atoms with Crippen molar-refractivity contribution in [1.29, 1.82) is 5.26 Å². The minimum Gasteiger partial charge on any atom is -0.462 e. The maximum absolute atomic E-state index is 15.8. The predicted molar refractivity (Wildman–Crippen MR) is 156 cm³/mol. The molecule has 43 heavy (non-hydrogen) atoms. The Labute approximate surface area is 253 Å². The first-order valence-electron chi connectivity index (χ1n) is 14.5. The first-order chi connectivity index (χ1) is 20.6. The van der Waals surface area contributed by atoms with Crippen LogP contribution in [-0.4, -0.2) is 77.6 Å². The van der Waals surface area contributed by atoms with Crippen molar-refractivity contribution in [1.82, 2.24) is 19.8 Å². The summed E-state index contributed by atoms with van der Waals surface area (Å²) in [6.45, 7) is 5.19. The van der Waals surface area contributed by atoms with Crippen LogP contribution in [0, 0.1) is 11.3 Å². The second-order valence-electron chi connectivity index (χ2n) is 11.8. The minimum absolute atomic E-state index is 0.00387. The molecular formula is C31H32ClF3N6O2. The van der Waals surface area contributed by atoms with Gasteiger partial charge in [-0.15, -0.1) is 0 Å². The van der Waals surface area contributed by atoms with Crippen molar-refractivity contribution in [2.45, 2.75) is 56.0 Å². The Kier molecular flexibility index (Phi) is 7.86. The van der Waals surface area contributed by atoms with Crippen LogP contribution >= 0.6 is 11.6 Å². The highest BCUT2D eigenvalue weighted by atomic mass is 35.5. The van der Waals surface area contributed by atoms with E-state index in [1.807, 2.05) is 11.9 Å². The summed E-state index contributed by atoms with van der Waals surface area (Å²) in [5.74, 6) is -3.12. The number of hydrogen-bond acceptors (Lipinski definition) is 7. The van der Waals surface area contributed by atoms with E-state index in [0.29, 0.717) is 36.6 Å². The topological polar surface area (TPSA) is 85.6 Å². The van der Waals surface area contributed by atoms with E-state index in [4.69, 9.17) is 26.3 Å². The van der Waals surface area contributed by atoms with Crippen molar-refractivity contribution in [2.24, 2.45) is 0 Å². The predicted octanol–water partition coefficient (Wildman–Crippen LogP) is 5.06. The van der Waals surface area contributed by atoms with E-state index < -0.39 is 34.8 Å². The van der Waals surface area contributed by atoms with Crippen LogP contribution in [0.2, 0.25) is 5.02 Å². The van der Waals surface area contributed by atoms with Crippen LogP contribution in [-0.2, 0) is 23.1 Å². The average Bonchev–Trinajstić information content (AvgIpc) is 3.50. The summed E-state index contributed by atoms with van der Waals surface area (Å²) in [6.07, 6.45) is 2.76. The number of likely N-dealkylation sites (N-methyl/N-ethyl adjacent to an activating group) is 1. The molecule has 1 aromatic heterocycles. The number of aromatic nitrogens is 2. The molecule has 0 radical (unpaired) electrons. The molecule has 12 heteroatoms. The van der Waals surface area contributed by atoms with Gasteiger partial charge in [0.1, 0.15) is 18.3 Å². The quantitative estimate of drug-likeness (QED) is 0.421. The van der Waals surface area contributed by atoms with Gasteiger partial charge in [0.05, 0.1) is 34.7 Å². The smallest absolute Gasteiger partial charge is 0.318 e. The number of ether oxygens (including phenoxy) is 1. The molecule has 3 heterocycles. The fraction of sp³-hybridized carbons (Fsp3) is 0.484. The monoisotopic (exact) mass is 612 g/mol. The Bertz CT molecular complexity index is 1560. The Morgan fingerprint density at radius 1 is 1.26 bits per heavy atom. The number of halogens is 4. The molecule has 2 saturated heterocycles. The number of allylic oxidation sites excluding steroid dienone is 1. The molecule has 6 rings (SSSR count). The summed E-state index contributed by atoms with van der Waals surface area (Å²) in [5, 5.41) is 9.62. The van der Waals surface area contributed by atoms with E-state index in [1.54, 1.807) is 18.2 Å². The number of benzene rings is 1. The summed E-state index contributed by atoms with van der Waals surface area (Å²) in [7, 11) is 2.04. The highest BCUT2D eigenvalue weighted by Gasteiger charge is 2.50. The van der Waals surface area contributed by atoms with Gasteiger partial charge in [-0.3, -0.25) is 4.79 Å². The number of amides is 1. The number of rotatable bonds is 6. The summed E-state index contributed by atoms with van der Waals surface area (Å²) >= 11 is 6.32. The summed E-state index contributed by atoms with van der Waals surface area (Å²) in [6, 6.07) is 6.81. The van der Waals surface area contributed by atoms with Crippen LogP contribution in [0.4, 0.5) is 19.0 Å². The Balaban J connectivity index is 1.38. The van der Waals surface area contributed by atoms with Crippen molar-refractivity contribution < 1.29 is 22.7 Å². The van der Waals surface area contributed by atoms with E-state index in [0.717, 1.165) is 24.9 Å². The molecule has 8 nitrogen and oxygen atoms in total. The zero-order valence-corrected chi connectivity index (χ0v) is 24.6. The van der Waals surface area contributed by atoms with Gasteiger partial charge >= 0.3 is 6.01 Å². The summed E-state index contributed by atoms with van der Waals surface area (Å²) < 4.78 is 51.0. The number of anilines is 1. The number of fused-ring (bicyclic) bond motifs is 3. The molecule has 226 valence electrons. The van der Waals surface area contributed by atoms with E-state index in [-0.39, 0.29) is 55.0 Å². The van der Waals surface area contributed by atoms with Crippen LogP contribution in [0.5, 0.6) is 6.01 Å².